The molecule has 142 valence electrons. The van der Waals surface area contributed by atoms with Crippen molar-refractivity contribution in [1.29, 1.82) is 0 Å². The van der Waals surface area contributed by atoms with Crippen LogP contribution >= 0.6 is 0 Å². The van der Waals surface area contributed by atoms with Gasteiger partial charge in [-0.2, -0.15) is 0 Å². The number of carbonyl (C=O) groups is 2. The number of likely N-dealkylation sites (tertiary alicyclic amines) is 1. The van der Waals surface area contributed by atoms with E-state index in [2.05, 4.69) is 5.32 Å². The van der Waals surface area contributed by atoms with Gasteiger partial charge in [0.2, 0.25) is 11.8 Å². The van der Waals surface area contributed by atoms with Crippen LogP contribution in [0.5, 0.6) is 5.75 Å². The number of methoxy groups -OCH3 is 1. The van der Waals surface area contributed by atoms with Crippen LogP contribution < -0.4 is 10.1 Å². The molecule has 2 aromatic carbocycles. The monoisotopic (exact) mass is 366 g/mol. The lowest BCUT2D eigenvalue weighted by Crippen LogP contribution is -2.54. The predicted molar refractivity (Wildman–Crippen MR) is 104 cm³/mol. The molecule has 1 aliphatic heterocycles. The number of nitrogens with one attached hydrogen (secondary N) is 1. The first-order valence-corrected chi connectivity index (χ1v) is 9.29. The summed E-state index contributed by atoms with van der Waals surface area (Å²) >= 11 is 0. The number of nitrogens with zero attached hydrogens (tertiary/aromatic N) is 1. The average molecular weight is 366 g/mol. The third-order valence-electron chi connectivity index (χ3n) is 5.30. The Morgan fingerprint density at radius 2 is 1.85 bits per heavy atom. The molecule has 2 amide bonds. The number of para-hydroxylation sites is 1. The van der Waals surface area contributed by atoms with Gasteiger partial charge in [0.15, 0.2) is 0 Å². The molecule has 1 heterocycles. The summed E-state index contributed by atoms with van der Waals surface area (Å²) < 4.78 is 5.39. The summed E-state index contributed by atoms with van der Waals surface area (Å²) in [6.45, 7) is 2.82. The fraction of sp³-hybridized carbons (Fsp3) is 0.364. The molecule has 0 spiro atoms. The maximum Gasteiger partial charge on any atom is 0.245 e. The van der Waals surface area contributed by atoms with Gasteiger partial charge >= 0.3 is 0 Å². The standard InChI is InChI=1S/C22H26N2O3/c1-22(21(26)23-16-17-8-4-3-5-9-17)14-12-20(25)24(22)15-13-18-10-6-7-11-19(18)27-2/h3-11H,12-16H2,1-2H3,(H,23,26)/t22-/m1/s1. The third kappa shape index (κ3) is 4.13. The molecule has 2 aromatic rings. The van der Waals surface area contributed by atoms with Gasteiger partial charge < -0.3 is 15.0 Å². The maximum absolute atomic E-state index is 12.9. The molecule has 0 unspecified atom stereocenters. The van der Waals surface area contributed by atoms with E-state index in [4.69, 9.17) is 4.74 Å². The molecule has 0 radical (unpaired) electrons. The molecule has 1 fully saturated rings. The first-order valence-electron chi connectivity index (χ1n) is 9.29. The second-order valence-corrected chi connectivity index (χ2v) is 7.05. The molecule has 0 saturated carbocycles. The summed E-state index contributed by atoms with van der Waals surface area (Å²) in [5, 5.41) is 3.00. The third-order valence-corrected chi connectivity index (χ3v) is 5.30. The highest BCUT2D eigenvalue weighted by molar-refractivity contribution is 5.94. The molecule has 1 saturated heterocycles. The van der Waals surface area contributed by atoms with E-state index in [1.807, 2.05) is 61.5 Å². The van der Waals surface area contributed by atoms with Crippen LogP contribution in [0.2, 0.25) is 0 Å². The zero-order chi connectivity index (χ0) is 19.3. The SMILES string of the molecule is COc1ccccc1CCN1C(=O)CC[C@]1(C)C(=O)NCc1ccccc1. The van der Waals surface area contributed by atoms with E-state index in [-0.39, 0.29) is 11.8 Å². The summed E-state index contributed by atoms with van der Waals surface area (Å²) in [5.74, 6) is 0.735. The second-order valence-electron chi connectivity index (χ2n) is 7.05. The van der Waals surface area contributed by atoms with E-state index >= 15 is 0 Å². The number of rotatable bonds is 7. The van der Waals surface area contributed by atoms with Gasteiger partial charge in [0.05, 0.1) is 7.11 Å². The minimum absolute atomic E-state index is 0.0299. The Hall–Kier alpha value is -2.82. The lowest BCUT2D eigenvalue weighted by molar-refractivity contribution is -0.140. The highest BCUT2D eigenvalue weighted by Gasteiger charge is 2.46. The van der Waals surface area contributed by atoms with Crippen molar-refractivity contribution in [3.8, 4) is 5.75 Å². The van der Waals surface area contributed by atoms with Gasteiger partial charge in [0.25, 0.3) is 0 Å². The van der Waals surface area contributed by atoms with Gasteiger partial charge in [-0.1, -0.05) is 48.5 Å². The fourth-order valence-corrected chi connectivity index (χ4v) is 3.61. The van der Waals surface area contributed by atoms with Crippen LogP contribution in [0.25, 0.3) is 0 Å². The lowest BCUT2D eigenvalue weighted by atomic mass is 9.97. The van der Waals surface area contributed by atoms with Crippen molar-refractivity contribution in [3.05, 3.63) is 65.7 Å². The van der Waals surface area contributed by atoms with Gasteiger partial charge in [-0.15, -0.1) is 0 Å². The van der Waals surface area contributed by atoms with Crippen LogP contribution in [0, 0.1) is 0 Å². The highest BCUT2D eigenvalue weighted by Crippen LogP contribution is 2.31. The molecule has 1 aliphatic rings. The van der Waals surface area contributed by atoms with Crippen molar-refractivity contribution in [2.75, 3.05) is 13.7 Å². The molecule has 1 atom stereocenters. The van der Waals surface area contributed by atoms with Crippen molar-refractivity contribution in [3.63, 3.8) is 0 Å². The molecular weight excluding hydrogens is 340 g/mol. The molecule has 0 bridgehead atoms. The molecule has 5 heteroatoms. The van der Waals surface area contributed by atoms with Crippen molar-refractivity contribution in [1.82, 2.24) is 10.2 Å². The van der Waals surface area contributed by atoms with Crippen LogP contribution in [0.4, 0.5) is 0 Å². The van der Waals surface area contributed by atoms with Crippen LogP contribution in [-0.2, 0) is 22.6 Å². The minimum atomic E-state index is -0.812. The quantitative estimate of drug-likeness (QED) is 0.820. The van der Waals surface area contributed by atoms with E-state index in [1.165, 1.54) is 0 Å². The lowest BCUT2D eigenvalue weighted by Gasteiger charge is -2.34. The Balaban J connectivity index is 1.67. The largest absolute Gasteiger partial charge is 0.496 e. The average Bonchev–Trinajstić information content (AvgIpc) is 3.00. The molecular formula is C22H26N2O3. The number of amides is 2. The maximum atomic E-state index is 12.9. The Morgan fingerprint density at radius 1 is 1.15 bits per heavy atom. The first-order chi connectivity index (χ1) is 13.0. The smallest absolute Gasteiger partial charge is 0.245 e. The Kier molecular flexibility index (Phi) is 5.79. The normalized spacial score (nSPS) is 19.2. The highest BCUT2D eigenvalue weighted by atomic mass is 16.5. The molecule has 0 aromatic heterocycles. The van der Waals surface area contributed by atoms with E-state index in [0.29, 0.717) is 32.4 Å². The summed E-state index contributed by atoms with van der Waals surface area (Å²) in [6.07, 6.45) is 1.59. The van der Waals surface area contributed by atoms with E-state index < -0.39 is 5.54 Å². The van der Waals surface area contributed by atoms with Crippen molar-refractivity contribution < 1.29 is 14.3 Å². The summed E-state index contributed by atoms with van der Waals surface area (Å²) in [6, 6.07) is 17.6. The Morgan fingerprint density at radius 3 is 2.59 bits per heavy atom. The molecule has 1 N–H and O–H groups in total. The van der Waals surface area contributed by atoms with Gasteiger partial charge in [0, 0.05) is 19.5 Å². The molecule has 5 nitrogen and oxygen atoms in total. The van der Waals surface area contributed by atoms with Crippen molar-refractivity contribution in [2.45, 2.75) is 38.3 Å². The summed E-state index contributed by atoms with van der Waals surface area (Å²) in [4.78, 5) is 27.1. The predicted octanol–water partition coefficient (Wildman–Crippen LogP) is 2.94. The van der Waals surface area contributed by atoms with Crippen LogP contribution in [-0.4, -0.2) is 35.9 Å². The second kappa shape index (κ2) is 8.25. The summed E-state index contributed by atoms with van der Waals surface area (Å²) in [5.41, 5.74) is 1.26. The molecule has 0 aliphatic carbocycles. The number of hydrogen-bond donors (Lipinski definition) is 1. The number of ether oxygens (including phenoxy) is 1. The zero-order valence-electron chi connectivity index (χ0n) is 15.9. The Labute approximate surface area is 160 Å². The number of hydrogen-bond acceptors (Lipinski definition) is 3. The van der Waals surface area contributed by atoms with E-state index in [1.54, 1.807) is 12.0 Å². The van der Waals surface area contributed by atoms with Crippen molar-refractivity contribution >= 4 is 11.8 Å². The number of benzene rings is 2. The molecule has 3 rings (SSSR count). The van der Waals surface area contributed by atoms with Crippen molar-refractivity contribution in [2.24, 2.45) is 0 Å². The van der Waals surface area contributed by atoms with Gasteiger partial charge in [-0.05, 0) is 37.0 Å². The van der Waals surface area contributed by atoms with E-state index in [9.17, 15) is 9.59 Å². The van der Waals surface area contributed by atoms with Gasteiger partial charge in [0.1, 0.15) is 11.3 Å². The fourth-order valence-electron chi connectivity index (χ4n) is 3.61. The molecule has 27 heavy (non-hydrogen) atoms. The van der Waals surface area contributed by atoms with E-state index in [0.717, 1.165) is 16.9 Å². The Bertz CT molecular complexity index is 806. The van der Waals surface area contributed by atoms with Gasteiger partial charge in [-0.25, -0.2) is 0 Å². The summed E-state index contributed by atoms with van der Waals surface area (Å²) in [7, 11) is 1.64. The van der Waals surface area contributed by atoms with Gasteiger partial charge in [-0.3, -0.25) is 9.59 Å². The minimum Gasteiger partial charge on any atom is -0.496 e. The van der Waals surface area contributed by atoms with Crippen LogP contribution in [0.3, 0.4) is 0 Å². The number of carbonyl (C=O) groups excluding carboxylic acids is 2. The van der Waals surface area contributed by atoms with Crippen LogP contribution in [0.1, 0.15) is 30.9 Å². The topological polar surface area (TPSA) is 58.6 Å². The first kappa shape index (κ1) is 19.0. The zero-order valence-corrected chi connectivity index (χ0v) is 15.9. The van der Waals surface area contributed by atoms with Crippen LogP contribution in [0.15, 0.2) is 54.6 Å².